The van der Waals surface area contributed by atoms with Crippen molar-refractivity contribution in [2.24, 2.45) is 0 Å². The minimum absolute atomic E-state index is 0.154. The molecule has 40 heavy (non-hydrogen) atoms. The van der Waals surface area contributed by atoms with E-state index in [1.807, 2.05) is 84.0 Å². The zero-order valence-electron chi connectivity index (χ0n) is 22.8. The van der Waals surface area contributed by atoms with Crippen LogP contribution in [0.3, 0.4) is 0 Å². The summed E-state index contributed by atoms with van der Waals surface area (Å²) >= 11 is 0. The van der Waals surface area contributed by atoms with Gasteiger partial charge in [0, 0.05) is 24.7 Å². The van der Waals surface area contributed by atoms with Gasteiger partial charge >= 0.3 is 0 Å². The Balaban J connectivity index is 1.53. The first-order chi connectivity index (χ1) is 19.3. The minimum Gasteiger partial charge on any atom is -0.378 e. The third kappa shape index (κ3) is 4.58. The van der Waals surface area contributed by atoms with Gasteiger partial charge in [-0.3, -0.25) is 4.79 Å². The van der Waals surface area contributed by atoms with Gasteiger partial charge < -0.3 is 18.7 Å². The van der Waals surface area contributed by atoms with E-state index in [2.05, 4.69) is 17.1 Å². The quantitative estimate of drug-likeness (QED) is 0.266. The standard InChI is InChI=1S/C32H31FN4O3/c1-21(22-10-6-4-7-11-22)37-20-25(30-34-31(40-35-30)32(2,3)23-12-8-5-9-13-23)29(38)24-18-26(33)28(19-27(24)37)36-14-16-39-17-15-36/h4-13,18-21H,14-17H2,1-3H3/t21-/m1/s1. The Labute approximate surface area is 231 Å². The van der Waals surface area contributed by atoms with E-state index in [0.29, 0.717) is 43.4 Å². The number of hydrogen-bond donors (Lipinski definition) is 0. The summed E-state index contributed by atoms with van der Waals surface area (Å²) in [5.74, 6) is 0.129. The van der Waals surface area contributed by atoms with Crippen LogP contribution in [-0.4, -0.2) is 41.0 Å². The maximum atomic E-state index is 15.5. The lowest BCUT2D eigenvalue weighted by Crippen LogP contribution is -2.36. The maximum Gasteiger partial charge on any atom is 0.237 e. The zero-order chi connectivity index (χ0) is 27.9. The highest BCUT2D eigenvalue weighted by Crippen LogP contribution is 2.33. The highest BCUT2D eigenvalue weighted by molar-refractivity contribution is 5.86. The largest absolute Gasteiger partial charge is 0.378 e. The SMILES string of the molecule is C[C@H](c1ccccc1)n1cc(-c2noc(C(C)(C)c3ccccc3)n2)c(=O)c2cc(F)c(N3CCOCC3)cc21. The molecule has 0 amide bonds. The van der Waals surface area contributed by atoms with Crippen molar-refractivity contribution in [3.63, 3.8) is 0 Å². The second-order valence-corrected chi connectivity index (χ2v) is 10.7. The number of benzene rings is 3. The highest BCUT2D eigenvalue weighted by atomic mass is 19.1. The molecule has 0 N–H and O–H groups in total. The number of fused-ring (bicyclic) bond motifs is 1. The topological polar surface area (TPSA) is 73.4 Å². The summed E-state index contributed by atoms with van der Waals surface area (Å²) in [6.07, 6.45) is 1.77. The number of pyridine rings is 1. The highest BCUT2D eigenvalue weighted by Gasteiger charge is 2.31. The van der Waals surface area contributed by atoms with Gasteiger partial charge in [-0.05, 0) is 44.0 Å². The molecule has 0 saturated carbocycles. The van der Waals surface area contributed by atoms with Gasteiger partial charge in [0.25, 0.3) is 0 Å². The van der Waals surface area contributed by atoms with Crippen LogP contribution in [0.15, 0.2) is 88.3 Å². The fourth-order valence-corrected chi connectivity index (χ4v) is 5.34. The van der Waals surface area contributed by atoms with Crippen molar-refractivity contribution >= 4 is 16.6 Å². The van der Waals surface area contributed by atoms with Crippen LogP contribution in [0.5, 0.6) is 0 Å². The van der Waals surface area contributed by atoms with Gasteiger partial charge in [-0.15, -0.1) is 0 Å². The molecule has 204 valence electrons. The lowest BCUT2D eigenvalue weighted by Gasteiger charge is -2.30. The van der Waals surface area contributed by atoms with Crippen LogP contribution in [0.1, 0.15) is 43.8 Å². The molecule has 1 aliphatic heterocycles. The van der Waals surface area contributed by atoms with Crippen LogP contribution in [0.4, 0.5) is 10.1 Å². The number of ether oxygens (including phenoxy) is 1. The Hall–Kier alpha value is -4.30. The molecule has 2 aromatic heterocycles. The molecule has 0 aliphatic carbocycles. The summed E-state index contributed by atoms with van der Waals surface area (Å²) < 4.78 is 28.7. The molecule has 3 aromatic carbocycles. The van der Waals surface area contributed by atoms with E-state index in [-0.39, 0.29) is 28.2 Å². The lowest BCUT2D eigenvalue weighted by atomic mass is 9.84. The summed E-state index contributed by atoms with van der Waals surface area (Å²) in [7, 11) is 0. The Kier molecular flexibility index (Phi) is 6.72. The Bertz CT molecular complexity index is 1710. The first-order valence-electron chi connectivity index (χ1n) is 13.5. The number of nitrogens with zero attached hydrogens (tertiary/aromatic N) is 4. The van der Waals surface area contributed by atoms with E-state index < -0.39 is 11.2 Å². The second-order valence-electron chi connectivity index (χ2n) is 10.7. The molecule has 1 fully saturated rings. The summed E-state index contributed by atoms with van der Waals surface area (Å²) in [4.78, 5) is 20.5. The van der Waals surface area contributed by atoms with Crippen LogP contribution in [-0.2, 0) is 10.2 Å². The van der Waals surface area contributed by atoms with E-state index in [1.165, 1.54) is 6.07 Å². The van der Waals surface area contributed by atoms with Crippen molar-refractivity contribution < 1.29 is 13.7 Å². The smallest absolute Gasteiger partial charge is 0.237 e. The first-order valence-corrected chi connectivity index (χ1v) is 13.5. The molecule has 3 heterocycles. The average Bonchev–Trinajstić information content (AvgIpc) is 3.49. The average molecular weight is 539 g/mol. The van der Waals surface area contributed by atoms with E-state index in [4.69, 9.17) is 9.26 Å². The van der Waals surface area contributed by atoms with Gasteiger partial charge in [-0.1, -0.05) is 65.8 Å². The molecular formula is C32H31FN4O3. The number of halogens is 1. The van der Waals surface area contributed by atoms with Crippen LogP contribution in [0.2, 0.25) is 0 Å². The Morgan fingerprint density at radius 3 is 2.35 bits per heavy atom. The summed E-state index contributed by atoms with van der Waals surface area (Å²) in [5.41, 5.74) is 2.51. The third-order valence-corrected chi connectivity index (χ3v) is 7.85. The number of aromatic nitrogens is 3. The van der Waals surface area contributed by atoms with Crippen LogP contribution >= 0.6 is 0 Å². The molecule has 1 aliphatic rings. The summed E-state index contributed by atoms with van der Waals surface area (Å²) in [6, 6.07) is 22.8. The van der Waals surface area contributed by atoms with Gasteiger partial charge in [0.15, 0.2) is 0 Å². The van der Waals surface area contributed by atoms with E-state index in [9.17, 15) is 4.79 Å². The summed E-state index contributed by atoms with van der Waals surface area (Å²) in [5, 5.41) is 4.48. The fourth-order valence-electron chi connectivity index (χ4n) is 5.34. The number of hydrogen-bond acceptors (Lipinski definition) is 6. The summed E-state index contributed by atoms with van der Waals surface area (Å²) in [6.45, 7) is 8.29. The lowest BCUT2D eigenvalue weighted by molar-refractivity contribution is 0.122. The van der Waals surface area contributed by atoms with E-state index in [0.717, 1.165) is 11.1 Å². The van der Waals surface area contributed by atoms with Crippen molar-refractivity contribution in [3.8, 4) is 11.4 Å². The molecule has 0 radical (unpaired) electrons. The van der Waals surface area contributed by atoms with Crippen molar-refractivity contribution in [2.45, 2.75) is 32.2 Å². The molecule has 8 heteroatoms. The van der Waals surface area contributed by atoms with Crippen LogP contribution < -0.4 is 10.3 Å². The first kappa shape index (κ1) is 26.0. The molecule has 0 bridgehead atoms. The number of morpholine rings is 1. The number of rotatable bonds is 6. The monoisotopic (exact) mass is 538 g/mol. The van der Waals surface area contributed by atoms with Crippen molar-refractivity contribution in [1.29, 1.82) is 0 Å². The third-order valence-electron chi connectivity index (χ3n) is 7.85. The maximum absolute atomic E-state index is 15.5. The molecule has 7 nitrogen and oxygen atoms in total. The van der Waals surface area contributed by atoms with Crippen molar-refractivity contribution in [3.05, 3.63) is 112 Å². The Morgan fingerprint density at radius 2 is 1.65 bits per heavy atom. The molecule has 5 aromatic rings. The zero-order valence-corrected chi connectivity index (χ0v) is 22.8. The van der Waals surface area contributed by atoms with Gasteiger partial charge in [-0.2, -0.15) is 4.98 Å². The normalized spacial score (nSPS) is 14.9. The molecule has 1 atom stereocenters. The van der Waals surface area contributed by atoms with Gasteiger partial charge in [-0.25, -0.2) is 4.39 Å². The molecule has 6 rings (SSSR count). The van der Waals surface area contributed by atoms with Crippen LogP contribution in [0, 0.1) is 5.82 Å². The van der Waals surface area contributed by atoms with E-state index in [1.54, 1.807) is 12.3 Å². The number of anilines is 1. The van der Waals surface area contributed by atoms with Gasteiger partial charge in [0.2, 0.25) is 17.1 Å². The predicted octanol–water partition coefficient (Wildman–Crippen LogP) is 5.96. The predicted molar refractivity (Wildman–Crippen MR) is 153 cm³/mol. The van der Waals surface area contributed by atoms with Crippen molar-refractivity contribution in [1.82, 2.24) is 14.7 Å². The fraction of sp³-hybridized carbons (Fsp3) is 0.281. The molecule has 0 spiro atoms. The second kappa shape index (κ2) is 10.4. The molecule has 0 unspecified atom stereocenters. The van der Waals surface area contributed by atoms with E-state index >= 15 is 4.39 Å². The van der Waals surface area contributed by atoms with Gasteiger partial charge in [0.05, 0.1) is 41.4 Å². The minimum atomic E-state index is -0.571. The van der Waals surface area contributed by atoms with Crippen LogP contribution in [0.25, 0.3) is 22.3 Å². The molecule has 1 saturated heterocycles. The Morgan fingerprint density at radius 1 is 0.975 bits per heavy atom. The molecular weight excluding hydrogens is 507 g/mol. The van der Waals surface area contributed by atoms with Gasteiger partial charge in [0.1, 0.15) is 5.82 Å². The van der Waals surface area contributed by atoms with Crippen molar-refractivity contribution in [2.75, 3.05) is 31.2 Å².